The predicted octanol–water partition coefficient (Wildman–Crippen LogP) is 2.70. The Bertz CT molecular complexity index is 852. The lowest BCUT2D eigenvalue weighted by Gasteiger charge is -2.06. The molecule has 1 heterocycles. The lowest BCUT2D eigenvalue weighted by Crippen LogP contribution is -2.29. The van der Waals surface area contributed by atoms with Crippen molar-refractivity contribution in [2.75, 3.05) is 6.54 Å². The highest BCUT2D eigenvalue weighted by Crippen LogP contribution is 2.19. The van der Waals surface area contributed by atoms with E-state index in [9.17, 15) is 9.59 Å². The van der Waals surface area contributed by atoms with Gasteiger partial charge in [-0.3, -0.25) is 14.3 Å². The van der Waals surface area contributed by atoms with Gasteiger partial charge in [0.05, 0.1) is 18.3 Å². The van der Waals surface area contributed by atoms with Gasteiger partial charge in [-0.2, -0.15) is 5.10 Å². The molecule has 3 rings (SSSR count). The van der Waals surface area contributed by atoms with E-state index in [4.69, 9.17) is 0 Å². The monoisotopic (exact) mass is 319 g/mol. The molecular weight excluding hydrogens is 302 g/mol. The minimum atomic E-state index is -0.271. The predicted molar refractivity (Wildman–Crippen MR) is 91.7 cm³/mol. The number of amides is 1. The fraction of sp³-hybridized carbons (Fsp3) is 0.105. The van der Waals surface area contributed by atoms with Crippen molar-refractivity contribution in [1.82, 2.24) is 15.1 Å². The van der Waals surface area contributed by atoms with Crippen LogP contribution in [0.15, 0.2) is 67.0 Å². The molecule has 0 saturated heterocycles. The normalized spacial score (nSPS) is 10.4. The number of benzene rings is 2. The number of hydrogen-bond donors (Lipinski definition) is 1. The van der Waals surface area contributed by atoms with Crippen molar-refractivity contribution in [2.24, 2.45) is 7.05 Å². The maximum atomic E-state index is 12.1. The van der Waals surface area contributed by atoms with Gasteiger partial charge in [0.1, 0.15) is 0 Å². The van der Waals surface area contributed by atoms with Crippen LogP contribution >= 0.6 is 0 Å². The number of nitrogens with zero attached hydrogens (tertiary/aromatic N) is 2. The number of aromatic nitrogens is 2. The number of carbonyl (C=O) groups excluding carboxylic acids is 2. The first-order chi connectivity index (χ1) is 11.6. The van der Waals surface area contributed by atoms with E-state index >= 15 is 0 Å². The molecule has 0 saturated carbocycles. The molecule has 1 N–H and O–H groups in total. The maximum absolute atomic E-state index is 12.1. The van der Waals surface area contributed by atoms with Crippen LogP contribution in [0, 0.1) is 0 Å². The first-order valence-corrected chi connectivity index (χ1v) is 7.59. The van der Waals surface area contributed by atoms with Crippen LogP contribution in [0.1, 0.15) is 20.7 Å². The van der Waals surface area contributed by atoms with Crippen LogP contribution < -0.4 is 5.32 Å². The number of nitrogens with one attached hydrogen (secondary N) is 1. The molecule has 24 heavy (non-hydrogen) atoms. The molecule has 3 aromatic rings. The largest absolute Gasteiger partial charge is 0.345 e. The van der Waals surface area contributed by atoms with E-state index < -0.39 is 0 Å². The molecular formula is C19H17N3O2. The maximum Gasteiger partial charge on any atom is 0.251 e. The fourth-order valence-electron chi connectivity index (χ4n) is 2.37. The summed E-state index contributed by atoms with van der Waals surface area (Å²) in [7, 11) is 1.74. The standard InChI is InChI=1S/C19H17N3O2/c1-22-13-17(11-21-22)18(23)12-20-19(24)16-9-7-15(8-10-16)14-5-3-2-4-6-14/h2-11,13H,12H2,1H3,(H,20,24). The molecule has 0 aliphatic carbocycles. The molecule has 1 amide bonds. The smallest absolute Gasteiger partial charge is 0.251 e. The van der Waals surface area contributed by atoms with E-state index in [1.807, 2.05) is 42.5 Å². The Balaban J connectivity index is 1.62. The quantitative estimate of drug-likeness (QED) is 0.735. The Hall–Kier alpha value is -3.21. The third-order valence-electron chi connectivity index (χ3n) is 3.69. The number of hydrogen-bond acceptors (Lipinski definition) is 3. The molecule has 0 radical (unpaired) electrons. The van der Waals surface area contributed by atoms with Gasteiger partial charge in [-0.25, -0.2) is 0 Å². The van der Waals surface area contributed by atoms with E-state index in [2.05, 4.69) is 10.4 Å². The third kappa shape index (κ3) is 3.57. The van der Waals surface area contributed by atoms with Gasteiger partial charge in [0.15, 0.2) is 5.78 Å². The molecule has 0 atom stereocenters. The molecule has 0 aliphatic heterocycles. The average molecular weight is 319 g/mol. The molecule has 0 spiro atoms. The summed E-state index contributed by atoms with van der Waals surface area (Å²) in [6, 6.07) is 17.2. The Morgan fingerprint density at radius 2 is 1.62 bits per heavy atom. The Morgan fingerprint density at radius 1 is 0.958 bits per heavy atom. The van der Waals surface area contributed by atoms with Gasteiger partial charge < -0.3 is 5.32 Å². The van der Waals surface area contributed by atoms with Crippen molar-refractivity contribution in [3.05, 3.63) is 78.1 Å². The van der Waals surface area contributed by atoms with Gasteiger partial charge in [-0.1, -0.05) is 42.5 Å². The Labute approximate surface area is 139 Å². The first-order valence-electron chi connectivity index (χ1n) is 7.59. The SMILES string of the molecule is Cn1cc(C(=O)CNC(=O)c2ccc(-c3ccccc3)cc2)cn1. The fourth-order valence-corrected chi connectivity index (χ4v) is 2.37. The topological polar surface area (TPSA) is 64.0 Å². The summed E-state index contributed by atoms with van der Waals surface area (Å²) >= 11 is 0. The molecule has 0 fully saturated rings. The Morgan fingerprint density at radius 3 is 2.25 bits per heavy atom. The zero-order valence-corrected chi connectivity index (χ0v) is 13.3. The summed E-state index contributed by atoms with van der Waals surface area (Å²) in [6.07, 6.45) is 3.12. The van der Waals surface area contributed by atoms with E-state index in [1.165, 1.54) is 6.20 Å². The van der Waals surface area contributed by atoms with Crippen molar-refractivity contribution in [3.8, 4) is 11.1 Å². The lowest BCUT2D eigenvalue weighted by atomic mass is 10.0. The molecule has 5 heteroatoms. The number of rotatable bonds is 5. The summed E-state index contributed by atoms with van der Waals surface area (Å²) < 4.78 is 1.55. The zero-order chi connectivity index (χ0) is 16.9. The van der Waals surface area contributed by atoms with Crippen molar-refractivity contribution < 1.29 is 9.59 Å². The van der Waals surface area contributed by atoms with Crippen LogP contribution in [-0.2, 0) is 7.05 Å². The number of aryl methyl sites for hydroxylation is 1. The van der Waals surface area contributed by atoms with Crippen LogP contribution in [0.4, 0.5) is 0 Å². The van der Waals surface area contributed by atoms with Gasteiger partial charge in [0.25, 0.3) is 5.91 Å². The van der Waals surface area contributed by atoms with Crippen LogP contribution in [0.2, 0.25) is 0 Å². The van der Waals surface area contributed by atoms with E-state index in [-0.39, 0.29) is 18.2 Å². The number of Topliss-reactive ketones (excluding diaryl/α,β-unsaturated/α-hetero) is 1. The second-order valence-electron chi connectivity index (χ2n) is 5.45. The van der Waals surface area contributed by atoms with Gasteiger partial charge >= 0.3 is 0 Å². The van der Waals surface area contributed by atoms with E-state index in [1.54, 1.807) is 30.1 Å². The van der Waals surface area contributed by atoms with Crippen LogP contribution in [0.3, 0.4) is 0 Å². The highest BCUT2D eigenvalue weighted by atomic mass is 16.2. The summed E-state index contributed by atoms with van der Waals surface area (Å²) in [6.45, 7) is -0.0506. The summed E-state index contributed by atoms with van der Waals surface area (Å²) in [5.74, 6) is -0.441. The van der Waals surface area contributed by atoms with Crippen LogP contribution in [0.25, 0.3) is 11.1 Å². The Kier molecular flexibility index (Phi) is 4.52. The minimum Gasteiger partial charge on any atom is -0.345 e. The van der Waals surface area contributed by atoms with Crippen LogP contribution in [-0.4, -0.2) is 28.0 Å². The average Bonchev–Trinajstić information content (AvgIpc) is 3.07. The van der Waals surface area contributed by atoms with Crippen molar-refractivity contribution in [1.29, 1.82) is 0 Å². The summed E-state index contributed by atoms with van der Waals surface area (Å²) in [5, 5.41) is 6.58. The summed E-state index contributed by atoms with van der Waals surface area (Å²) in [5.41, 5.74) is 3.14. The second kappa shape index (κ2) is 6.91. The highest BCUT2D eigenvalue weighted by Gasteiger charge is 2.11. The van der Waals surface area contributed by atoms with Crippen molar-refractivity contribution >= 4 is 11.7 Å². The van der Waals surface area contributed by atoms with Gasteiger partial charge in [0.2, 0.25) is 0 Å². The molecule has 2 aromatic carbocycles. The lowest BCUT2D eigenvalue weighted by molar-refractivity contribution is 0.0904. The van der Waals surface area contributed by atoms with Gasteiger partial charge in [0, 0.05) is 18.8 Å². The molecule has 0 aliphatic rings. The van der Waals surface area contributed by atoms with E-state index in [0.29, 0.717) is 11.1 Å². The first kappa shape index (κ1) is 15.7. The second-order valence-corrected chi connectivity index (χ2v) is 5.45. The number of carbonyl (C=O) groups is 2. The zero-order valence-electron chi connectivity index (χ0n) is 13.3. The molecule has 0 bridgehead atoms. The number of ketones is 1. The van der Waals surface area contributed by atoms with Gasteiger partial charge in [-0.05, 0) is 23.3 Å². The van der Waals surface area contributed by atoms with Crippen molar-refractivity contribution in [3.63, 3.8) is 0 Å². The molecule has 5 nitrogen and oxygen atoms in total. The molecule has 120 valence electrons. The molecule has 1 aromatic heterocycles. The van der Waals surface area contributed by atoms with Gasteiger partial charge in [-0.15, -0.1) is 0 Å². The highest BCUT2D eigenvalue weighted by molar-refractivity contribution is 6.02. The van der Waals surface area contributed by atoms with E-state index in [0.717, 1.165) is 11.1 Å². The van der Waals surface area contributed by atoms with Crippen LogP contribution in [0.5, 0.6) is 0 Å². The third-order valence-corrected chi connectivity index (χ3v) is 3.69. The summed E-state index contributed by atoms with van der Waals surface area (Å²) in [4.78, 5) is 24.1. The minimum absolute atomic E-state index is 0.0506. The molecule has 0 unspecified atom stereocenters. The van der Waals surface area contributed by atoms with Crippen molar-refractivity contribution in [2.45, 2.75) is 0 Å².